The molecule has 0 amide bonds. The highest BCUT2D eigenvalue weighted by atomic mass is 32.2. The van der Waals surface area contributed by atoms with E-state index in [1.54, 1.807) is 37.7 Å². The van der Waals surface area contributed by atoms with Crippen molar-refractivity contribution in [3.05, 3.63) is 91.4 Å². The van der Waals surface area contributed by atoms with Crippen molar-refractivity contribution < 1.29 is 17.9 Å². The number of aromatic nitrogens is 3. The van der Waals surface area contributed by atoms with E-state index in [2.05, 4.69) is 14.9 Å². The first kappa shape index (κ1) is 26.7. The monoisotopic (exact) mass is 567 g/mol. The van der Waals surface area contributed by atoms with Gasteiger partial charge >= 0.3 is 0 Å². The summed E-state index contributed by atoms with van der Waals surface area (Å²) in [6.45, 7) is 1.63. The summed E-state index contributed by atoms with van der Waals surface area (Å²) in [6, 6.07) is 22.1. The highest BCUT2D eigenvalue weighted by Gasteiger charge is 2.22. The van der Waals surface area contributed by atoms with Crippen LogP contribution in [0.15, 0.2) is 96.3 Å². The summed E-state index contributed by atoms with van der Waals surface area (Å²) < 4.78 is 35.7. The molecular formula is C31H29N5O4S. The zero-order valence-electron chi connectivity index (χ0n) is 22.5. The van der Waals surface area contributed by atoms with Crippen molar-refractivity contribution in [3.63, 3.8) is 0 Å². The fraction of sp³-hybridized carbons (Fsp3) is 0.194. The molecule has 1 aliphatic heterocycles. The summed E-state index contributed by atoms with van der Waals surface area (Å²) in [4.78, 5) is 16.3. The van der Waals surface area contributed by atoms with Gasteiger partial charge in [0.2, 0.25) is 10.0 Å². The van der Waals surface area contributed by atoms with Crippen molar-refractivity contribution in [3.8, 4) is 33.8 Å². The molecule has 2 aromatic heterocycles. The van der Waals surface area contributed by atoms with Gasteiger partial charge < -0.3 is 14.4 Å². The molecule has 1 aliphatic rings. The summed E-state index contributed by atoms with van der Waals surface area (Å²) in [6.07, 6.45) is 7.09. The summed E-state index contributed by atoms with van der Waals surface area (Å²) in [7, 11) is -2.24. The van der Waals surface area contributed by atoms with Gasteiger partial charge in [-0.1, -0.05) is 24.3 Å². The van der Waals surface area contributed by atoms with Gasteiger partial charge in [-0.25, -0.2) is 18.5 Å². The highest BCUT2D eigenvalue weighted by molar-refractivity contribution is 7.89. The van der Waals surface area contributed by atoms with Gasteiger partial charge in [0.1, 0.15) is 23.4 Å². The second-order valence-electron chi connectivity index (χ2n) is 9.91. The fourth-order valence-electron chi connectivity index (χ4n) is 5.08. The van der Waals surface area contributed by atoms with E-state index in [-0.39, 0.29) is 11.0 Å². The number of nitrogens with two attached hydrogens (primary N) is 1. The second kappa shape index (κ2) is 11.1. The molecule has 41 heavy (non-hydrogen) atoms. The molecule has 3 aromatic carbocycles. The first-order chi connectivity index (χ1) is 19.9. The molecule has 0 saturated carbocycles. The molecular weight excluding hydrogens is 538 g/mol. The Bertz CT molecular complexity index is 1800. The number of fused-ring (bicyclic) bond motifs is 1. The van der Waals surface area contributed by atoms with Crippen molar-refractivity contribution in [2.24, 2.45) is 5.14 Å². The topological polar surface area (TPSA) is 121 Å². The maximum atomic E-state index is 12.1. The predicted molar refractivity (Wildman–Crippen MR) is 158 cm³/mol. The van der Waals surface area contributed by atoms with Gasteiger partial charge in [0.25, 0.3) is 0 Å². The maximum Gasteiger partial charge on any atom is 0.238 e. The van der Waals surface area contributed by atoms with E-state index in [0.29, 0.717) is 11.1 Å². The lowest BCUT2D eigenvalue weighted by atomic mass is 10.0. The lowest BCUT2D eigenvalue weighted by Gasteiger charge is -2.32. The average Bonchev–Trinajstić information content (AvgIpc) is 3.01. The van der Waals surface area contributed by atoms with Gasteiger partial charge in [-0.15, -0.1) is 0 Å². The third-order valence-corrected chi connectivity index (χ3v) is 8.20. The van der Waals surface area contributed by atoms with Crippen LogP contribution in [-0.2, 0) is 10.0 Å². The van der Waals surface area contributed by atoms with Crippen LogP contribution in [0, 0.1) is 0 Å². The standard InChI is InChI=1S/C31H29N5O4S/c1-39-24-7-9-25(10-8-24)40-26-12-14-36(15-13-26)31-20-34-28-11-6-21(17-29(28)35-31)22-16-23(19-33-18-22)27-4-2-3-5-30(27)41(32,37)38/h2-11,16-20,26H,12-15H2,1H3,(H2,32,37,38). The van der Waals surface area contributed by atoms with E-state index < -0.39 is 10.0 Å². The number of primary sulfonamides is 1. The van der Waals surface area contributed by atoms with Gasteiger partial charge in [-0.05, 0) is 54.1 Å². The Hall–Kier alpha value is -4.54. The van der Waals surface area contributed by atoms with Crippen LogP contribution in [0.4, 0.5) is 5.82 Å². The summed E-state index contributed by atoms with van der Waals surface area (Å²) in [5, 5.41) is 5.46. The molecule has 2 N–H and O–H groups in total. The first-order valence-corrected chi connectivity index (χ1v) is 14.8. The smallest absolute Gasteiger partial charge is 0.238 e. The number of hydrogen-bond donors (Lipinski definition) is 1. The zero-order chi connectivity index (χ0) is 28.4. The number of piperidine rings is 1. The molecule has 0 atom stereocenters. The molecule has 0 spiro atoms. The van der Waals surface area contributed by atoms with E-state index in [4.69, 9.17) is 19.6 Å². The van der Waals surface area contributed by atoms with Crippen LogP contribution in [-0.4, -0.2) is 49.7 Å². The molecule has 10 heteroatoms. The van der Waals surface area contributed by atoms with Crippen LogP contribution in [0.5, 0.6) is 11.5 Å². The second-order valence-corrected chi connectivity index (χ2v) is 11.4. The fourth-order valence-corrected chi connectivity index (χ4v) is 5.84. The number of pyridine rings is 1. The number of sulfonamides is 1. The minimum atomic E-state index is -3.89. The molecule has 0 bridgehead atoms. The van der Waals surface area contributed by atoms with Gasteiger partial charge in [0, 0.05) is 55.0 Å². The summed E-state index contributed by atoms with van der Waals surface area (Å²) >= 11 is 0. The number of anilines is 1. The van der Waals surface area contributed by atoms with E-state index in [1.165, 1.54) is 6.07 Å². The Balaban J connectivity index is 1.21. The Morgan fingerprint density at radius 2 is 1.56 bits per heavy atom. The van der Waals surface area contributed by atoms with Crippen LogP contribution >= 0.6 is 0 Å². The Morgan fingerprint density at radius 3 is 2.32 bits per heavy atom. The largest absolute Gasteiger partial charge is 0.497 e. The van der Waals surface area contributed by atoms with Gasteiger partial charge in [-0.3, -0.25) is 9.97 Å². The van der Waals surface area contributed by atoms with Crippen molar-refractivity contribution in [2.75, 3.05) is 25.1 Å². The van der Waals surface area contributed by atoms with Crippen LogP contribution < -0.4 is 19.5 Å². The molecule has 0 aliphatic carbocycles. The molecule has 9 nitrogen and oxygen atoms in total. The van der Waals surface area contributed by atoms with Crippen LogP contribution in [0.25, 0.3) is 33.3 Å². The van der Waals surface area contributed by atoms with E-state index >= 15 is 0 Å². The van der Waals surface area contributed by atoms with Gasteiger partial charge in [0.15, 0.2) is 0 Å². The van der Waals surface area contributed by atoms with Gasteiger partial charge in [0.05, 0.1) is 29.2 Å². The van der Waals surface area contributed by atoms with E-state index in [9.17, 15) is 8.42 Å². The van der Waals surface area contributed by atoms with Crippen LogP contribution in [0.1, 0.15) is 12.8 Å². The molecule has 1 fully saturated rings. The minimum absolute atomic E-state index is 0.0612. The summed E-state index contributed by atoms with van der Waals surface area (Å²) in [5.41, 5.74) is 4.46. The van der Waals surface area contributed by atoms with Crippen molar-refractivity contribution in [2.45, 2.75) is 23.8 Å². The molecule has 0 unspecified atom stereocenters. The van der Waals surface area contributed by atoms with E-state index in [0.717, 1.165) is 65.4 Å². The number of hydrogen-bond acceptors (Lipinski definition) is 8. The van der Waals surface area contributed by atoms with E-state index in [1.807, 2.05) is 54.7 Å². The Kier molecular flexibility index (Phi) is 7.25. The normalized spacial score (nSPS) is 14.2. The number of ether oxygens (including phenoxy) is 2. The average molecular weight is 568 g/mol. The van der Waals surface area contributed by atoms with Crippen molar-refractivity contribution >= 4 is 26.9 Å². The van der Waals surface area contributed by atoms with Crippen LogP contribution in [0.2, 0.25) is 0 Å². The molecule has 0 radical (unpaired) electrons. The zero-order valence-corrected chi connectivity index (χ0v) is 23.3. The highest BCUT2D eigenvalue weighted by Crippen LogP contribution is 2.31. The number of benzene rings is 3. The number of rotatable bonds is 7. The number of methoxy groups -OCH3 is 1. The van der Waals surface area contributed by atoms with Crippen LogP contribution in [0.3, 0.4) is 0 Å². The third-order valence-electron chi connectivity index (χ3n) is 7.23. The quantitative estimate of drug-likeness (QED) is 0.290. The predicted octanol–water partition coefficient (Wildman–Crippen LogP) is 5.06. The van der Waals surface area contributed by atoms with Crippen molar-refractivity contribution in [1.29, 1.82) is 0 Å². The van der Waals surface area contributed by atoms with Gasteiger partial charge in [-0.2, -0.15) is 0 Å². The number of nitrogens with zero attached hydrogens (tertiary/aromatic N) is 4. The minimum Gasteiger partial charge on any atom is -0.497 e. The molecule has 5 aromatic rings. The molecule has 3 heterocycles. The maximum absolute atomic E-state index is 12.1. The SMILES string of the molecule is COc1ccc(OC2CCN(c3cnc4ccc(-c5cncc(-c6ccccc6S(N)(=O)=O)c5)cc4n3)CC2)cc1. The molecule has 6 rings (SSSR count). The Morgan fingerprint density at radius 1 is 0.829 bits per heavy atom. The van der Waals surface area contributed by atoms with Crippen molar-refractivity contribution in [1.82, 2.24) is 15.0 Å². The Labute approximate surface area is 238 Å². The first-order valence-electron chi connectivity index (χ1n) is 13.3. The summed E-state index contributed by atoms with van der Waals surface area (Å²) in [5.74, 6) is 2.47. The molecule has 1 saturated heterocycles. The lowest BCUT2D eigenvalue weighted by Crippen LogP contribution is -2.38. The molecule has 208 valence electrons. The third kappa shape index (κ3) is 5.84. The lowest BCUT2D eigenvalue weighted by molar-refractivity contribution is 0.170.